The molecular weight excluding hydrogens is 364 g/mol. The highest BCUT2D eigenvalue weighted by atomic mass is 32.1. The summed E-state index contributed by atoms with van der Waals surface area (Å²) in [5.41, 5.74) is 1.52. The third kappa shape index (κ3) is 9.17. The zero-order valence-electron chi connectivity index (χ0n) is 16.1. The van der Waals surface area contributed by atoms with E-state index in [1.165, 1.54) is 55.6 Å². The van der Waals surface area contributed by atoms with E-state index in [0.717, 1.165) is 19.6 Å². The van der Waals surface area contributed by atoms with Crippen LogP contribution >= 0.6 is 11.3 Å². The molecule has 3 heterocycles. The molecule has 0 aromatic carbocycles. The van der Waals surface area contributed by atoms with Crippen LogP contribution in [0.5, 0.6) is 0 Å². The molecule has 2 aliphatic heterocycles. The van der Waals surface area contributed by atoms with Crippen LogP contribution in [-0.2, 0) is 22.7 Å². The lowest BCUT2D eigenvalue weighted by Gasteiger charge is -2.26. The molecule has 0 saturated carbocycles. The highest BCUT2D eigenvalue weighted by Gasteiger charge is 2.19. The Morgan fingerprint density at radius 2 is 1.81 bits per heavy atom. The fourth-order valence-electron chi connectivity index (χ4n) is 3.53. The summed E-state index contributed by atoms with van der Waals surface area (Å²) in [4.78, 5) is 23.5. The summed E-state index contributed by atoms with van der Waals surface area (Å²) < 4.78 is 0. The summed E-state index contributed by atoms with van der Waals surface area (Å²) in [5.74, 6) is 0. The summed E-state index contributed by atoms with van der Waals surface area (Å²) in [5, 5.41) is 16.2. The standard InChI is InChI=1S/C18H28N2S.2CH2O2/c1-2-7-17-8-6-11-20(17)14-18-12-16(15-21-18)13-19-9-4-3-5-10-19;2*2-1-3/h6,8,12,15,17H,2-5,7,9-11,13-14H2,1H3;2*1H,(H,2,3). The van der Waals surface area contributed by atoms with E-state index in [1.807, 2.05) is 11.3 Å². The van der Waals surface area contributed by atoms with E-state index in [4.69, 9.17) is 19.8 Å². The van der Waals surface area contributed by atoms with Crippen molar-refractivity contribution in [2.45, 2.75) is 58.2 Å². The van der Waals surface area contributed by atoms with Crippen molar-refractivity contribution < 1.29 is 19.8 Å². The monoisotopic (exact) mass is 396 g/mol. The molecule has 0 amide bonds. The van der Waals surface area contributed by atoms with Crippen LogP contribution in [0.1, 0.15) is 49.5 Å². The average Bonchev–Trinajstić information content (AvgIpc) is 3.28. The number of thiophene rings is 1. The highest BCUT2D eigenvalue weighted by molar-refractivity contribution is 7.10. The minimum atomic E-state index is -0.250. The second-order valence-electron chi connectivity index (χ2n) is 6.68. The van der Waals surface area contributed by atoms with E-state index in [0.29, 0.717) is 6.04 Å². The van der Waals surface area contributed by atoms with Gasteiger partial charge >= 0.3 is 0 Å². The average molecular weight is 397 g/mol. The van der Waals surface area contributed by atoms with Gasteiger partial charge in [-0.2, -0.15) is 0 Å². The molecule has 1 fully saturated rings. The second-order valence-corrected chi connectivity index (χ2v) is 7.68. The molecule has 7 heteroatoms. The summed E-state index contributed by atoms with van der Waals surface area (Å²) in [6.07, 6.45) is 11.5. The van der Waals surface area contributed by atoms with Gasteiger partial charge in [-0.05, 0) is 49.4 Å². The van der Waals surface area contributed by atoms with Crippen LogP contribution < -0.4 is 0 Å². The Balaban J connectivity index is 0.000000540. The van der Waals surface area contributed by atoms with Crippen LogP contribution in [-0.4, -0.2) is 58.6 Å². The number of hydrogen-bond acceptors (Lipinski definition) is 5. The Bertz CT molecular complexity index is 550. The van der Waals surface area contributed by atoms with Crippen molar-refractivity contribution in [1.82, 2.24) is 9.80 Å². The van der Waals surface area contributed by atoms with E-state index in [9.17, 15) is 0 Å². The van der Waals surface area contributed by atoms with E-state index in [-0.39, 0.29) is 12.9 Å². The number of hydrogen-bond donors (Lipinski definition) is 2. The van der Waals surface area contributed by atoms with Gasteiger partial charge in [0, 0.05) is 30.6 Å². The molecule has 0 aliphatic carbocycles. The van der Waals surface area contributed by atoms with Crippen molar-refractivity contribution in [3.05, 3.63) is 34.0 Å². The molecule has 1 aromatic rings. The van der Waals surface area contributed by atoms with Gasteiger partial charge in [0.25, 0.3) is 12.9 Å². The van der Waals surface area contributed by atoms with E-state index >= 15 is 0 Å². The molecule has 1 atom stereocenters. The number of nitrogens with zero attached hydrogens (tertiary/aromatic N) is 2. The Morgan fingerprint density at radius 1 is 1.15 bits per heavy atom. The van der Waals surface area contributed by atoms with Crippen molar-refractivity contribution in [1.29, 1.82) is 0 Å². The lowest BCUT2D eigenvalue weighted by molar-refractivity contribution is -0.123. The van der Waals surface area contributed by atoms with Crippen molar-refractivity contribution in [2.24, 2.45) is 0 Å². The first-order chi connectivity index (χ1) is 13.2. The molecule has 3 rings (SSSR count). The molecule has 2 aliphatic rings. The molecule has 0 spiro atoms. The number of rotatable bonds is 6. The number of piperidine rings is 1. The van der Waals surface area contributed by atoms with Gasteiger partial charge in [0.2, 0.25) is 0 Å². The maximum atomic E-state index is 8.36. The summed E-state index contributed by atoms with van der Waals surface area (Å²) in [7, 11) is 0. The van der Waals surface area contributed by atoms with Gasteiger partial charge in [-0.3, -0.25) is 19.4 Å². The first kappa shape index (κ1) is 23.3. The normalized spacial score (nSPS) is 19.5. The summed E-state index contributed by atoms with van der Waals surface area (Å²) in [6, 6.07) is 3.11. The first-order valence-corrected chi connectivity index (χ1v) is 10.4. The minimum Gasteiger partial charge on any atom is -0.483 e. The molecule has 0 radical (unpaired) electrons. The molecule has 152 valence electrons. The maximum absolute atomic E-state index is 8.36. The zero-order valence-corrected chi connectivity index (χ0v) is 16.9. The molecular formula is C20H32N2O4S. The summed E-state index contributed by atoms with van der Waals surface area (Å²) >= 11 is 1.95. The van der Waals surface area contributed by atoms with Gasteiger partial charge in [-0.15, -0.1) is 11.3 Å². The van der Waals surface area contributed by atoms with Gasteiger partial charge < -0.3 is 10.2 Å². The van der Waals surface area contributed by atoms with Gasteiger partial charge in [-0.1, -0.05) is 31.9 Å². The predicted octanol–water partition coefficient (Wildman–Crippen LogP) is 3.68. The van der Waals surface area contributed by atoms with Crippen molar-refractivity contribution >= 4 is 24.3 Å². The third-order valence-electron chi connectivity index (χ3n) is 4.67. The Hall–Kier alpha value is -1.70. The van der Waals surface area contributed by atoms with Gasteiger partial charge in [0.05, 0.1) is 0 Å². The maximum Gasteiger partial charge on any atom is 0.290 e. The van der Waals surface area contributed by atoms with Crippen LogP contribution in [0.15, 0.2) is 23.6 Å². The molecule has 0 bridgehead atoms. The fraction of sp³-hybridized carbons (Fsp3) is 0.600. The number of likely N-dealkylation sites (tertiary alicyclic amines) is 1. The smallest absolute Gasteiger partial charge is 0.290 e. The number of carboxylic acid groups (broad SMARTS) is 2. The molecule has 1 saturated heterocycles. The van der Waals surface area contributed by atoms with Crippen LogP contribution in [0, 0.1) is 0 Å². The lowest BCUT2D eigenvalue weighted by atomic mass is 10.1. The topological polar surface area (TPSA) is 81.1 Å². The molecule has 27 heavy (non-hydrogen) atoms. The van der Waals surface area contributed by atoms with E-state index in [1.54, 1.807) is 0 Å². The van der Waals surface area contributed by atoms with Crippen LogP contribution in [0.2, 0.25) is 0 Å². The van der Waals surface area contributed by atoms with Crippen molar-refractivity contribution in [3.63, 3.8) is 0 Å². The first-order valence-electron chi connectivity index (χ1n) is 9.53. The quantitative estimate of drug-likeness (QED) is 0.564. The van der Waals surface area contributed by atoms with Crippen LogP contribution in [0.25, 0.3) is 0 Å². The van der Waals surface area contributed by atoms with E-state index < -0.39 is 0 Å². The fourth-order valence-corrected chi connectivity index (χ4v) is 4.44. The second kappa shape index (κ2) is 14.4. The largest absolute Gasteiger partial charge is 0.483 e. The SMILES string of the molecule is CCCC1C=CCN1Cc1cc(CN2CCCCC2)cs1.O=CO.O=CO. The van der Waals surface area contributed by atoms with Crippen LogP contribution in [0.4, 0.5) is 0 Å². The van der Waals surface area contributed by atoms with Gasteiger partial charge in [-0.25, -0.2) is 0 Å². The van der Waals surface area contributed by atoms with E-state index in [2.05, 4.69) is 40.3 Å². The molecule has 1 aromatic heterocycles. The molecule has 1 unspecified atom stereocenters. The molecule has 2 N–H and O–H groups in total. The minimum absolute atomic E-state index is 0.250. The third-order valence-corrected chi connectivity index (χ3v) is 5.64. The zero-order chi connectivity index (χ0) is 19.9. The Kier molecular flexibility index (Phi) is 12.4. The summed E-state index contributed by atoms with van der Waals surface area (Å²) in [6.45, 7) is 7.78. The van der Waals surface area contributed by atoms with Crippen LogP contribution in [0.3, 0.4) is 0 Å². The molecule has 6 nitrogen and oxygen atoms in total. The highest BCUT2D eigenvalue weighted by Crippen LogP contribution is 2.23. The van der Waals surface area contributed by atoms with Crippen molar-refractivity contribution in [3.8, 4) is 0 Å². The Morgan fingerprint density at radius 3 is 2.44 bits per heavy atom. The van der Waals surface area contributed by atoms with Gasteiger partial charge in [0.1, 0.15) is 0 Å². The predicted molar refractivity (Wildman–Crippen MR) is 109 cm³/mol. The lowest BCUT2D eigenvalue weighted by Crippen LogP contribution is -2.29. The van der Waals surface area contributed by atoms with Gasteiger partial charge in [0.15, 0.2) is 0 Å². The number of carbonyl (C=O) groups is 2. The Labute approximate surface area is 166 Å². The van der Waals surface area contributed by atoms with Crippen molar-refractivity contribution in [2.75, 3.05) is 19.6 Å².